The van der Waals surface area contributed by atoms with E-state index >= 15 is 0 Å². The number of fused-ring (bicyclic) bond motifs is 1. The van der Waals surface area contributed by atoms with Gasteiger partial charge in [0.15, 0.2) is 0 Å². The van der Waals surface area contributed by atoms with Crippen molar-refractivity contribution in [3.05, 3.63) is 30.0 Å². The molecule has 3 rings (SSSR count). The van der Waals surface area contributed by atoms with Crippen LogP contribution in [0.5, 0.6) is 5.75 Å². The van der Waals surface area contributed by atoms with E-state index in [0.29, 0.717) is 12.3 Å². The first kappa shape index (κ1) is 16.8. The zero-order chi connectivity index (χ0) is 17.1. The Kier molecular flexibility index (Phi) is 5.09. The standard InChI is InChI=1S/C19H26N2O3/c1-2-13(5-7-17(20)19(22)23)16-10-21-18-8-6-14(9-15(16)18)24-11-12-3-4-12/h6,8-10,12-13,17,21H,2-5,7,11,20H2,1H3,(H,22,23). The van der Waals surface area contributed by atoms with E-state index in [9.17, 15) is 4.79 Å². The highest BCUT2D eigenvalue weighted by atomic mass is 16.5. The lowest BCUT2D eigenvalue weighted by atomic mass is 9.90. The van der Waals surface area contributed by atoms with Gasteiger partial charge in [-0.3, -0.25) is 4.79 Å². The van der Waals surface area contributed by atoms with Crippen LogP contribution in [-0.2, 0) is 4.79 Å². The molecule has 2 unspecified atom stereocenters. The van der Waals surface area contributed by atoms with Gasteiger partial charge in [0.25, 0.3) is 0 Å². The second kappa shape index (κ2) is 7.26. The number of benzene rings is 1. The number of carbonyl (C=O) groups is 1. The second-order valence-electron chi connectivity index (χ2n) is 6.83. The van der Waals surface area contributed by atoms with E-state index in [1.807, 2.05) is 12.3 Å². The molecule has 5 heteroatoms. The van der Waals surface area contributed by atoms with Crippen molar-refractivity contribution in [2.75, 3.05) is 6.61 Å². The number of nitrogens with two attached hydrogens (primary N) is 1. The monoisotopic (exact) mass is 330 g/mol. The van der Waals surface area contributed by atoms with Crippen molar-refractivity contribution in [2.24, 2.45) is 11.7 Å². The number of aromatic amines is 1. The van der Waals surface area contributed by atoms with Gasteiger partial charge in [0, 0.05) is 17.1 Å². The predicted octanol–water partition coefficient (Wildman–Crippen LogP) is 3.64. The summed E-state index contributed by atoms with van der Waals surface area (Å²) in [5.74, 6) is 1.00. The summed E-state index contributed by atoms with van der Waals surface area (Å²) in [4.78, 5) is 14.2. The number of carboxylic acid groups (broad SMARTS) is 1. The molecule has 1 aliphatic rings. The van der Waals surface area contributed by atoms with E-state index in [1.165, 1.54) is 23.8 Å². The maximum atomic E-state index is 10.9. The SMILES string of the molecule is CCC(CCC(N)C(=O)O)c1c[nH]c2ccc(OCC3CC3)cc12. The normalized spacial score (nSPS) is 16.9. The molecule has 1 aromatic carbocycles. The Morgan fingerprint density at radius 3 is 2.88 bits per heavy atom. The topological polar surface area (TPSA) is 88.3 Å². The lowest BCUT2D eigenvalue weighted by molar-refractivity contribution is -0.138. The van der Waals surface area contributed by atoms with Gasteiger partial charge in [0.2, 0.25) is 0 Å². The third-order valence-corrected chi connectivity index (χ3v) is 4.94. The lowest BCUT2D eigenvalue weighted by Gasteiger charge is -2.16. The van der Waals surface area contributed by atoms with Crippen LogP contribution >= 0.6 is 0 Å². The number of aromatic nitrogens is 1. The van der Waals surface area contributed by atoms with Crippen LogP contribution in [0.1, 0.15) is 50.5 Å². The minimum atomic E-state index is -0.931. The Labute approximate surface area is 142 Å². The summed E-state index contributed by atoms with van der Waals surface area (Å²) in [6.45, 7) is 2.93. The van der Waals surface area contributed by atoms with Gasteiger partial charge in [-0.1, -0.05) is 6.92 Å². The van der Waals surface area contributed by atoms with E-state index in [0.717, 1.165) is 36.6 Å². The van der Waals surface area contributed by atoms with Crippen molar-refractivity contribution in [1.82, 2.24) is 4.98 Å². The quantitative estimate of drug-likeness (QED) is 0.655. The first-order valence-electron chi connectivity index (χ1n) is 8.80. The Balaban J connectivity index is 1.75. The molecule has 0 radical (unpaired) electrons. The van der Waals surface area contributed by atoms with Crippen LogP contribution in [-0.4, -0.2) is 28.7 Å². The van der Waals surface area contributed by atoms with E-state index in [-0.39, 0.29) is 0 Å². The van der Waals surface area contributed by atoms with Crippen LogP contribution in [0.2, 0.25) is 0 Å². The first-order valence-corrected chi connectivity index (χ1v) is 8.80. The van der Waals surface area contributed by atoms with Gasteiger partial charge in [-0.05, 0) is 67.7 Å². The molecule has 0 spiro atoms. The number of hydrogen-bond donors (Lipinski definition) is 3. The number of hydrogen-bond acceptors (Lipinski definition) is 3. The van der Waals surface area contributed by atoms with Gasteiger partial charge in [-0.25, -0.2) is 0 Å². The molecular weight excluding hydrogens is 304 g/mol. The molecule has 0 saturated heterocycles. The van der Waals surface area contributed by atoms with Crippen molar-refractivity contribution in [3.63, 3.8) is 0 Å². The number of H-pyrrole nitrogens is 1. The van der Waals surface area contributed by atoms with Crippen LogP contribution in [0.15, 0.2) is 24.4 Å². The molecule has 1 saturated carbocycles. The third-order valence-electron chi connectivity index (χ3n) is 4.94. The van der Waals surface area contributed by atoms with Crippen LogP contribution in [0.3, 0.4) is 0 Å². The number of rotatable bonds is 9. The van der Waals surface area contributed by atoms with E-state index in [1.54, 1.807) is 0 Å². The Morgan fingerprint density at radius 2 is 2.21 bits per heavy atom. The minimum absolute atomic E-state index is 0.294. The van der Waals surface area contributed by atoms with Gasteiger partial charge in [0.05, 0.1) is 6.61 Å². The van der Waals surface area contributed by atoms with Crippen molar-refractivity contribution in [1.29, 1.82) is 0 Å². The van der Waals surface area contributed by atoms with Gasteiger partial charge in [-0.2, -0.15) is 0 Å². The number of carboxylic acids is 1. The highest BCUT2D eigenvalue weighted by molar-refractivity contribution is 5.85. The zero-order valence-corrected chi connectivity index (χ0v) is 14.1. The van der Waals surface area contributed by atoms with Crippen molar-refractivity contribution in [2.45, 2.75) is 51.0 Å². The minimum Gasteiger partial charge on any atom is -0.493 e. The molecule has 2 atom stereocenters. The van der Waals surface area contributed by atoms with E-state index in [4.69, 9.17) is 15.6 Å². The summed E-state index contributed by atoms with van der Waals surface area (Å²) in [5, 5.41) is 10.1. The fourth-order valence-corrected chi connectivity index (χ4v) is 3.13. The average Bonchev–Trinajstić information content (AvgIpc) is 3.32. The Hall–Kier alpha value is -2.01. The molecular formula is C19H26N2O3. The van der Waals surface area contributed by atoms with Crippen LogP contribution in [0.25, 0.3) is 10.9 Å². The summed E-state index contributed by atoms with van der Waals surface area (Å²) >= 11 is 0. The number of aliphatic carboxylic acids is 1. The molecule has 1 fully saturated rings. The molecule has 1 heterocycles. The third kappa shape index (κ3) is 3.90. The smallest absolute Gasteiger partial charge is 0.320 e. The van der Waals surface area contributed by atoms with Crippen molar-refractivity contribution >= 4 is 16.9 Å². The summed E-state index contributed by atoms with van der Waals surface area (Å²) in [5.41, 5.74) is 7.97. The highest BCUT2D eigenvalue weighted by Gasteiger charge is 2.22. The maximum absolute atomic E-state index is 10.9. The largest absolute Gasteiger partial charge is 0.493 e. The van der Waals surface area contributed by atoms with Crippen molar-refractivity contribution < 1.29 is 14.6 Å². The molecule has 0 aliphatic heterocycles. The van der Waals surface area contributed by atoms with E-state index in [2.05, 4.69) is 24.0 Å². The molecule has 1 aromatic heterocycles. The van der Waals surface area contributed by atoms with Gasteiger partial charge in [0.1, 0.15) is 11.8 Å². The zero-order valence-electron chi connectivity index (χ0n) is 14.1. The molecule has 2 aromatic rings. The fraction of sp³-hybridized carbons (Fsp3) is 0.526. The molecule has 24 heavy (non-hydrogen) atoms. The summed E-state index contributed by atoms with van der Waals surface area (Å²) in [7, 11) is 0. The molecule has 1 aliphatic carbocycles. The molecule has 0 bridgehead atoms. The molecule has 0 amide bonds. The average molecular weight is 330 g/mol. The molecule has 130 valence electrons. The van der Waals surface area contributed by atoms with Gasteiger partial charge < -0.3 is 20.6 Å². The highest BCUT2D eigenvalue weighted by Crippen LogP contribution is 2.34. The van der Waals surface area contributed by atoms with Crippen molar-refractivity contribution in [3.8, 4) is 5.75 Å². The summed E-state index contributed by atoms with van der Waals surface area (Å²) < 4.78 is 5.89. The van der Waals surface area contributed by atoms with Crippen LogP contribution < -0.4 is 10.5 Å². The maximum Gasteiger partial charge on any atom is 0.320 e. The van der Waals surface area contributed by atoms with E-state index < -0.39 is 12.0 Å². The van der Waals surface area contributed by atoms with Gasteiger partial charge in [-0.15, -0.1) is 0 Å². The first-order chi connectivity index (χ1) is 11.6. The molecule has 5 nitrogen and oxygen atoms in total. The number of nitrogens with one attached hydrogen (secondary N) is 1. The molecule has 4 N–H and O–H groups in total. The van der Waals surface area contributed by atoms with Crippen LogP contribution in [0, 0.1) is 5.92 Å². The number of ether oxygens (including phenoxy) is 1. The fourth-order valence-electron chi connectivity index (χ4n) is 3.13. The second-order valence-corrected chi connectivity index (χ2v) is 6.83. The Bertz CT molecular complexity index is 706. The summed E-state index contributed by atoms with van der Waals surface area (Å²) in [6.07, 6.45) is 6.80. The predicted molar refractivity (Wildman–Crippen MR) is 94.4 cm³/mol. The lowest BCUT2D eigenvalue weighted by Crippen LogP contribution is -2.30. The Morgan fingerprint density at radius 1 is 1.42 bits per heavy atom. The van der Waals surface area contributed by atoms with Gasteiger partial charge >= 0.3 is 5.97 Å². The van der Waals surface area contributed by atoms with Crippen LogP contribution in [0.4, 0.5) is 0 Å². The summed E-state index contributed by atoms with van der Waals surface area (Å²) in [6, 6.07) is 5.37.